The number of aliphatic carboxylic acids is 1. The minimum atomic E-state index is -1.74. The van der Waals surface area contributed by atoms with Crippen LogP contribution in [-0.2, 0) is 66.8 Å². The number of hydrogen-bond donors (Lipinski definition) is 6. The number of fused-ring (bicyclic) bond motifs is 2. The van der Waals surface area contributed by atoms with Gasteiger partial charge in [-0.15, -0.1) is 0 Å². The van der Waals surface area contributed by atoms with Gasteiger partial charge >= 0.3 is 48.0 Å². The van der Waals surface area contributed by atoms with Crippen LogP contribution in [0.3, 0.4) is 0 Å². The van der Waals surface area contributed by atoms with E-state index < -0.39 is 165 Å². The fraction of sp³-hybridized carbons (Fsp3) is 0.477. The number of amides is 6. The third kappa shape index (κ3) is 34.9. The Morgan fingerprint density at radius 2 is 0.898 bits per heavy atom. The van der Waals surface area contributed by atoms with Gasteiger partial charge in [0.2, 0.25) is 25.3 Å². The zero-order chi connectivity index (χ0) is 96.6. The van der Waals surface area contributed by atoms with Crippen molar-refractivity contribution in [3.05, 3.63) is 174 Å². The van der Waals surface area contributed by atoms with Crippen LogP contribution in [0.25, 0.3) is 34.0 Å². The maximum absolute atomic E-state index is 13.1. The van der Waals surface area contributed by atoms with E-state index in [2.05, 4.69) is 31.0 Å². The normalized spacial score (nSPS) is 15.8. The second-order valence-corrected chi connectivity index (χ2v) is 38.6. The largest absolute Gasteiger partial charge is 0.481 e. The summed E-state index contributed by atoms with van der Waals surface area (Å²) in [6.07, 6.45) is 5.71. The molecule has 0 unspecified atom stereocenters. The molecule has 2 fully saturated rings. The number of halogens is 6. The van der Waals surface area contributed by atoms with Gasteiger partial charge < -0.3 is 69.7 Å². The first kappa shape index (κ1) is 108. The number of ether oxygens (including phenoxy) is 6. The van der Waals surface area contributed by atoms with Gasteiger partial charge in [-0.05, 0) is 197 Å². The van der Waals surface area contributed by atoms with Crippen molar-refractivity contribution in [2.45, 2.75) is 205 Å². The van der Waals surface area contributed by atoms with E-state index in [1.54, 1.807) is 72.8 Å². The molecule has 0 radical (unpaired) electrons. The molecule has 2 aliphatic heterocycles. The molecule has 6 aromatic rings. The highest BCUT2D eigenvalue weighted by atomic mass is 35.6. The Morgan fingerprint density at radius 1 is 0.531 bits per heavy atom. The van der Waals surface area contributed by atoms with Gasteiger partial charge in [-0.2, -0.15) is 0 Å². The van der Waals surface area contributed by atoms with E-state index in [9.17, 15) is 88.0 Å². The van der Waals surface area contributed by atoms with Crippen molar-refractivity contribution in [3.63, 3.8) is 0 Å². The highest BCUT2D eigenvalue weighted by molar-refractivity contribution is 6.68. The van der Waals surface area contributed by atoms with Crippen LogP contribution in [0.5, 0.6) is 0 Å². The number of carbonyl (C=O) groups excluding carboxylic acids is 11. The Kier molecular flexibility index (Phi) is 39.5. The van der Waals surface area contributed by atoms with Gasteiger partial charge in [-0.3, -0.25) is 68.6 Å². The topological polar surface area (TPSA) is 467 Å². The summed E-state index contributed by atoms with van der Waals surface area (Å²) in [5.41, 5.74) is -0.0849. The molecule has 8 atom stereocenters. The lowest BCUT2D eigenvalue weighted by Crippen LogP contribution is -2.52. The summed E-state index contributed by atoms with van der Waals surface area (Å²) in [6.45, 7) is 30.1. The Morgan fingerprint density at radius 3 is 1.25 bits per heavy atom. The van der Waals surface area contributed by atoms with Crippen LogP contribution in [0.1, 0.15) is 203 Å². The van der Waals surface area contributed by atoms with Crippen molar-refractivity contribution in [3.8, 4) is 0 Å². The summed E-state index contributed by atoms with van der Waals surface area (Å²) in [6, 6.07) is 24.4. The Labute approximate surface area is 770 Å². The molecule has 40 heteroatoms. The molecule has 8 rings (SSSR count). The predicted octanol–water partition coefficient (Wildman–Crippen LogP) is 15.5. The second kappa shape index (κ2) is 46.9. The van der Waals surface area contributed by atoms with Gasteiger partial charge in [-0.25, -0.2) is 19.2 Å². The lowest BCUT2D eigenvalue weighted by Gasteiger charge is -2.33. The molecule has 0 aliphatic carbocycles. The van der Waals surface area contributed by atoms with E-state index >= 15 is 0 Å². The van der Waals surface area contributed by atoms with Gasteiger partial charge in [0.15, 0.2) is 6.10 Å². The van der Waals surface area contributed by atoms with Crippen LogP contribution in [0.4, 0.5) is 21.0 Å². The molecule has 0 bridgehead atoms. The van der Waals surface area contributed by atoms with Crippen LogP contribution in [-0.4, -0.2) is 194 Å². The highest BCUT2D eigenvalue weighted by Gasteiger charge is 2.39. The molecule has 4 heterocycles. The molecule has 128 heavy (non-hydrogen) atoms. The van der Waals surface area contributed by atoms with E-state index in [1.165, 1.54) is 75.6 Å². The summed E-state index contributed by atoms with van der Waals surface area (Å²) in [5, 5.41) is 53.0. The number of benzene rings is 4. The van der Waals surface area contributed by atoms with Crippen molar-refractivity contribution in [1.82, 2.24) is 41.0 Å². The number of carboxylic acid groups (broad SMARTS) is 1. The van der Waals surface area contributed by atoms with Crippen LogP contribution in [0.2, 0.25) is 0 Å². The molecule has 34 nitrogen and oxygen atoms in total. The predicted molar refractivity (Wildman–Crippen MR) is 481 cm³/mol. The lowest BCUT2D eigenvalue weighted by atomic mass is 9.92. The number of carbonyl (C=O) groups is 12. The Bertz CT molecular complexity index is 5060. The quantitative estimate of drug-likeness (QED) is 0.00774. The first-order valence-corrected chi connectivity index (χ1v) is 42.6. The fourth-order valence-electron chi connectivity index (χ4n) is 12.2. The second-order valence-electron chi connectivity index (χ2n) is 33.5. The maximum atomic E-state index is 13.1. The van der Waals surface area contributed by atoms with Crippen molar-refractivity contribution < 1.29 is 106 Å². The highest BCUT2D eigenvalue weighted by Crippen LogP contribution is 2.33. The molecule has 4 aromatic carbocycles. The van der Waals surface area contributed by atoms with Crippen LogP contribution < -0.4 is 21.3 Å². The van der Waals surface area contributed by atoms with Crippen molar-refractivity contribution >= 4 is 187 Å². The van der Waals surface area contributed by atoms with Crippen LogP contribution in [0.15, 0.2) is 109 Å². The molecular weight excluding hydrogens is 1790 g/mol. The number of carboxylic acids is 1. The number of nitrogens with zero attached hydrogens (tertiary/aromatic N) is 6. The number of nitrogens with one attached hydrogen (secondary N) is 4. The number of aryl methyl sites for hydroxylation is 2. The molecule has 0 saturated carbocycles. The van der Waals surface area contributed by atoms with Gasteiger partial charge in [0.25, 0.3) is 17.3 Å². The number of pyridine rings is 2. The van der Waals surface area contributed by atoms with Crippen LogP contribution >= 0.6 is 69.6 Å². The van der Waals surface area contributed by atoms with E-state index in [0.717, 1.165) is 39.5 Å². The molecule has 6 N–H and O–H groups in total. The number of rotatable bonds is 25. The molecule has 6 amide bonds. The number of aromatic nitrogens is 2. The summed E-state index contributed by atoms with van der Waals surface area (Å²) >= 11 is 33.6. The number of piperidine rings is 2. The average Bonchev–Trinajstić information content (AvgIpc) is 0.785. The third-order valence-electron chi connectivity index (χ3n) is 19.2. The van der Waals surface area contributed by atoms with Gasteiger partial charge in [0.05, 0.1) is 67.0 Å². The number of nitro benzene ring substituents is 2. The maximum Gasteiger partial charge on any atom is 0.408 e. The van der Waals surface area contributed by atoms with Gasteiger partial charge in [0, 0.05) is 49.1 Å². The van der Waals surface area contributed by atoms with Crippen molar-refractivity contribution in [2.75, 3.05) is 39.4 Å². The number of esters is 5. The molecule has 2 saturated heterocycles. The number of aliphatic hydroxyl groups is 1. The molecule has 2 aliphatic rings. The summed E-state index contributed by atoms with van der Waals surface area (Å²) < 4.78 is 27.4. The third-order valence-corrected chi connectivity index (χ3v) is 19.8. The number of hydrogen-bond acceptors (Lipinski definition) is 25. The smallest absolute Gasteiger partial charge is 0.408 e. The van der Waals surface area contributed by atoms with Crippen molar-refractivity contribution in [1.29, 1.82) is 0 Å². The average molecular weight is 1900 g/mol. The number of aliphatic hydroxyl groups excluding tert-OH is 1. The zero-order valence-corrected chi connectivity index (χ0v) is 78.6. The number of nitro groups is 2. The van der Waals surface area contributed by atoms with E-state index in [4.69, 9.17) is 98.3 Å². The van der Waals surface area contributed by atoms with E-state index in [0.29, 0.717) is 55.7 Å². The van der Waals surface area contributed by atoms with E-state index in [-0.39, 0.29) is 53.9 Å². The molecule has 2 aromatic heterocycles. The first-order chi connectivity index (χ1) is 59.2. The summed E-state index contributed by atoms with van der Waals surface area (Å²) in [7, 11) is 0. The first-order valence-electron chi connectivity index (χ1n) is 40.4. The summed E-state index contributed by atoms with van der Waals surface area (Å²) in [5.74, 6) is -8.21. The molecular formula is C88H108Cl6N10O24. The fourth-order valence-corrected chi connectivity index (χ4v) is 12.5. The molecule has 0 spiro atoms. The number of alkyl carbamates (subject to hydrolysis) is 2. The Hall–Kier alpha value is -10.9. The van der Waals surface area contributed by atoms with Crippen molar-refractivity contribution in [2.24, 2.45) is 22.7 Å². The lowest BCUT2D eigenvalue weighted by molar-refractivity contribution is -0.385. The molecule has 696 valence electrons. The monoisotopic (exact) mass is 1900 g/mol. The SMILES string of the molecule is C[C@@H](NC(=O)OC(C)(C)C)c1ccc2ccc(/C=C/C(C)(C)C(=O)O)cc2n1.C[C@H](NC(=O)[C@H](C)OC(=O)C(C)(C)/C=C/c1ccc2ccc([C@@H](C)NC(=O)OC(C)(C)C)nc2c1)C(=O)N1CCC[C@@H](C(=O)OCC(Cl)(Cl)Cl)C1.C[C@H](O)C(=O)N[C@@H](C)C(=O)N1CCC[C@@H](C(=O)OCC(Cl)(Cl)Cl)C1.Cc1cccc([N+](=O)[O-])c1C(=O)OC(=O)c1c(C)cccc1[N+](=O)[O-]. The zero-order valence-electron chi connectivity index (χ0n) is 74.1. The minimum Gasteiger partial charge on any atom is -0.481 e. The van der Waals surface area contributed by atoms with Crippen LogP contribution in [0, 0.1) is 56.7 Å². The summed E-state index contributed by atoms with van der Waals surface area (Å²) in [4.78, 5) is 180. The standard InChI is InChI=1S/C36H47Cl3N4O8.C22H28N2O4.C16H12N2O7.C14H21Cl3N2O5/c1-21(41-33(48)51-34(4,5)6)27-14-13-25-12-11-24(18-28(25)42-27)15-16-35(7,8)32(47)50-23(3)29(44)40-22(2)30(45)43-17-9-10-26(19-43)31(46)49-20-36(37,38)39;1-14(23-20(27)28-21(2,3)4)17-10-9-16-8-7-15(13-18(16)24-17)11-12-22(5,6)19(25)26;1-9-5-3-7-11(17(21)22)13(9)15(19)25-16(20)14-10(2)6-4-8-12(14)18(23)24;1-8(18-11(21)9(2)20)12(22)19-5-3-4-10(6-19)13(23)24-7-14(15,16)17/h11-16,18,21-23,26H,9-10,17,19-20H2,1-8H3,(H,40,44)(H,41,48);7-14H,1-6H3,(H,23,27)(H,25,26);3-8H,1-2H3;8-10,20H,3-7H2,1-2H3,(H,18,21)/b16-15+;12-11+;;/t21-,22+,23+,26-;14-;;8-,9-,10+/m11.0/s1. The van der Waals surface area contributed by atoms with Gasteiger partial charge in [0.1, 0.15) is 53.7 Å². The number of likely N-dealkylation sites (tertiary alicyclic amines) is 2. The Balaban J connectivity index is 0.000000322. The van der Waals surface area contributed by atoms with Gasteiger partial charge in [-0.1, -0.05) is 155 Å². The van der Waals surface area contributed by atoms with E-state index in [1.807, 2.05) is 95.3 Å². The number of alkyl halides is 6. The minimum absolute atomic E-state index is 0.0989.